The van der Waals surface area contributed by atoms with Crippen molar-refractivity contribution >= 4 is 5.90 Å². The lowest BCUT2D eigenvalue weighted by molar-refractivity contribution is 0.325. The predicted molar refractivity (Wildman–Crippen MR) is 51.4 cm³/mol. The topological polar surface area (TPSA) is 42.3 Å². The normalized spacial score (nSPS) is 9.38. The number of rotatable bonds is 3. The van der Waals surface area contributed by atoms with Crippen LogP contribution in [-0.2, 0) is 4.74 Å². The summed E-state index contributed by atoms with van der Waals surface area (Å²) in [6.45, 7) is 2.38. The second kappa shape index (κ2) is 4.50. The predicted octanol–water partition coefficient (Wildman–Crippen LogP) is 2.06. The van der Waals surface area contributed by atoms with Crippen LogP contribution in [0.1, 0.15) is 12.5 Å². The van der Waals surface area contributed by atoms with E-state index in [4.69, 9.17) is 14.9 Å². The van der Waals surface area contributed by atoms with Crippen LogP contribution in [0, 0.1) is 5.41 Å². The lowest BCUT2D eigenvalue weighted by Gasteiger charge is -2.05. The van der Waals surface area contributed by atoms with Crippen molar-refractivity contribution in [2.24, 2.45) is 0 Å². The average Bonchev–Trinajstić information content (AvgIpc) is 2.18. The van der Waals surface area contributed by atoms with E-state index in [1.807, 2.05) is 19.1 Å². The van der Waals surface area contributed by atoms with Crippen LogP contribution in [0.25, 0.3) is 0 Å². The van der Waals surface area contributed by atoms with Gasteiger partial charge < -0.3 is 9.47 Å². The van der Waals surface area contributed by atoms with Gasteiger partial charge in [-0.2, -0.15) is 0 Å². The second-order valence-electron chi connectivity index (χ2n) is 2.49. The van der Waals surface area contributed by atoms with Crippen molar-refractivity contribution < 1.29 is 9.47 Å². The first kappa shape index (κ1) is 9.58. The third-order valence-corrected chi connectivity index (χ3v) is 1.64. The molecule has 0 heterocycles. The van der Waals surface area contributed by atoms with Crippen LogP contribution in [0.3, 0.4) is 0 Å². The van der Waals surface area contributed by atoms with Crippen molar-refractivity contribution in [1.29, 1.82) is 5.41 Å². The molecule has 0 aliphatic rings. The number of hydrogen-bond acceptors (Lipinski definition) is 3. The van der Waals surface area contributed by atoms with Gasteiger partial charge in [0.05, 0.1) is 13.7 Å². The minimum absolute atomic E-state index is 0.199. The van der Waals surface area contributed by atoms with Gasteiger partial charge in [0.25, 0.3) is 0 Å². The molecule has 1 aromatic rings. The molecule has 3 heteroatoms. The third kappa shape index (κ3) is 2.47. The highest BCUT2D eigenvalue weighted by atomic mass is 16.5. The van der Waals surface area contributed by atoms with E-state index in [0.29, 0.717) is 6.61 Å². The Morgan fingerprint density at radius 3 is 2.38 bits per heavy atom. The van der Waals surface area contributed by atoms with Crippen LogP contribution in [0.4, 0.5) is 0 Å². The maximum atomic E-state index is 7.49. The van der Waals surface area contributed by atoms with Gasteiger partial charge in [-0.05, 0) is 31.2 Å². The summed E-state index contributed by atoms with van der Waals surface area (Å²) in [6.07, 6.45) is 0. The van der Waals surface area contributed by atoms with E-state index < -0.39 is 0 Å². The Hall–Kier alpha value is -1.51. The molecule has 0 aliphatic carbocycles. The second-order valence-corrected chi connectivity index (χ2v) is 2.49. The largest absolute Gasteiger partial charge is 0.497 e. The number of methoxy groups -OCH3 is 1. The number of hydrogen-bond donors (Lipinski definition) is 1. The summed E-state index contributed by atoms with van der Waals surface area (Å²) in [5.74, 6) is 0.984. The minimum atomic E-state index is 0.199. The van der Waals surface area contributed by atoms with Crippen LogP contribution in [0.15, 0.2) is 24.3 Å². The fourth-order valence-electron chi connectivity index (χ4n) is 0.970. The zero-order valence-electron chi connectivity index (χ0n) is 7.83. The standard InChI is InChI=1S/C10H13NO2/c1-3-13-10(11)8-4-6-9(12-2)7-5-8/h4-7,11H,3H2,1-2H3. The molecular weight excluding hydrogens is 166 g/mol. The quantitative estimate of drug-likeness (QED) is 0.570. The molecule has 0 fully saturated rings. The molecule has 0 radical (unpaired) electrons. The first-order chi connectivity index (χ1) is 6.27. The summed E-state index contributed by atoms with van der Waals surface area (Å²) >= 11 is 0. The highest BCUT2D eigenvalue weighted by molar-refractivity contribution is 5.91. The first-order valence-corrected chi connectivity index (χ1v) is 4.13. The highest BCUT2D eigenvalue weighted by Crippen LogP contribution is 2.11. The molecule has 0 aromatic heterocycles. The zero-order chi connectivity index (χ0) is 9.68. The molecule has 1 N–H and O–H groups in total. The van der Waals surface area contributed by atoms with Crippen LogP contribution in [0.2, 0.25) is 0 Å². The molecule has 70 valence electrons. The van der Waals surface area contributed by atoms with Gasteiger partial charge in [0.15, 0.2) is 0 Å². The van der Waals surface area contributed by atoms with Gasteiger partial charge in [-0.1, -0.05) is 0 Å². The molecule has 0 amide bonds. The Morgan fingerprint density at radius 2 is 1.92 bits per heavy atom. The Bertz CT molecular complexity index is 279. The molecule has 0 spiro atoms. The number of nitrogens with one attached hydrogen (secondary N) is 1. The van der Waals surface area contributed by atoms with Crippen molar-refractivity contribution in [3.8, 4) is 5.75 Å². The van der Waals surface area contributed by atoms with E-state index in [9.17, 15) is 0 Å². The zero-order valence-corrected chi connectivity index (χ0v) is 7.83. The number of ether oxygens (including phenoxy) is 2. The summed E-state index contributed by atoms with van der Waals surface area (Å²) in [5.41, 5.74) is 0.766. The van der Waals surface area contributed by atoms with Crippen molar-refractivity contribution in [3.63, 3.8) is 0 Å². The molecule has 0 aliphatic heterocycles. The molecule has 0 unspecified atom stereocenters. The van der Waals surface area contributed by atoms with Crippen molar-refractivity contribution in [2.45, 2.75) is 6.92 Å². The monoisotopic (exact) mass is 179 g/mol. The summed E-state index contributed by atoms with van der Waals surface area (Å²) in [6, 6.07) is 7.22. The van der Waals surface area contributed by atoms with Gasteiger partial charge in [0.1, 0.15) is 5.75 Å². The van der Waals surface area contributed by atoms with Gasteiger partial charge >= 0.3 is 0 Å². The van der Waals surface area contributed by atoms with E-state index in [1.165, 1.54) is 0 Å². The summed E-state index contributed by atoms with van der Waals surface area (Å²) < 4.78 is 10.0. The van der Waals surface area contributed by atoms with Crippen molar-refractivity contribution in [1.82, 2.24) is 0 Å². The molecule has 1 aromatic carbocycles. The van der Waals surface area contributed by atoms with Gasteiger partial charge in [-0.25, -0.2) is 0 Å². The Balaban J connectivity index is 2.74. The smallest absolute Gasteiger partial charge is 0.213 e. The van der Waals surface area contributed by atoms with Crippen molar-refractivity contribution in [2.75, 3.05) is 13.7 Å². The molecule has 0 saturated heterocycles. The fourth-order valence-corrected chi connectivity index (χ4v) is 0.970. The van der Waals surface area contributed by atoms with E-state index in [0.717, 1.165) is 11.3 Å². The van der Waals surface area contributed by atoms with Crippen molar-refractivity contribution in [3.05, 3.63) is 29.8 Å². The van der Waals surface area contributed by atoms with Crippen LogP contribution in [0.5, 0.6) is 5.75 Å². The molecule has 0 bridgehead atoms. The van der Waals surface area contributed by atoms with E-state index in [2.05, 4.69) is 0 Å². The lowest BCUT2D eigenvalue weighted by Crippen LogP contribution is -2.04. The van der Waals surface area contributed by atoms with Gasteiger partial charge in [-0.15, -0.1) is 0 Å². The average molecular weight is 179 g/mol. The Morgan fingerprint density at radius 1 is 1.31 bits per heavy atom. The molecular formula is C10H13NO2. The highest BCUT2D eigenvalue weighted by Gasteiger charge is 2.00. The molecule has 3 nitrogen and oxygen atoms in total. The third-order valence-electron chi connectivity index (χ3n) is 1.64. The molecule has 1 rings (SSSR count). The van der Waals surface area contributed by atoms with Crippen LogP contribution >= 0.6 is 0 Å². The molecule has 13 heavy (non-hydrogen) atoms. The summed E-state index contributed by atoms with van der Waals surface area (Å²) in [7, 11) is 1.61. The maximum Gasteiger partial charge on any atom is 0.213 e. The van der Waals surface area contributed by atoms with E-state index >= 15 is 0 Å². The van der Waals surface area contributed by atoms with Crippen LogP contribution in [-0.4, -0.2) is 19.6 Å². The van der Waals surface area contributed by atoms with E-state index in [-0.39, 0.29) is 5.90 Å². The maximum absolute atomic E-state index is 7.49. The Labute approximate surface area is 77.8 Å². The Kier molecular flexibility index (Phi) is 3.31. The van der Waals surface area contributed by atoms with Crippen LogP contribution < -0.4 is 4.74 Å². The summed E-state index contributed by atoms with van der Waals surface area (Å²) in [4.78, 5) is 0. The minimum Gasteiger partial charge on any atom is -0.497 e. The fraction of sp³-hybridized carbons (Fsp3) is 0.300. The van der Waals surface area contributed by atoms with Gasteiger partial charge in [-0.3, -0.25) is 5.41 Å². The van der Waals surface area contributed by atoms with Gasteiger partial charge in [0, 0.05) is 5.56 Å². The number of benzene rings is 1. The van der Waals surface area contributed by atoms with Gasteiger partial charge in [0.2, 0.25) is 5.90 Å². The lowest BCUT2D eigenvalue weighted by atomic mass is 10.2. The molecule has 0 atom stereocenters. The molecule has 0 saturated carbocycles. The first-order valence-electron chi connectivity index (χ1n) is 4.13. The SMILES string of the molecule is CCOC(=N)c1ccc(OC)cc1. The van der Waals surface area contributed by atoms with E-state index in [1.54, 1.807) is 19.2 Å². The summed E-state index contributed by atoms with van der Waals surface area (Å²) in [5, 5.41) is 7.49.